The molecule has 0 saturated heterocycles. The quantitative estimate of drug-likeness (QED) is 0.440. The van der Waals surface area contributed by atoms with Crippen molar-refractivity contribution >= 4 is 28.7 Å². The van der Waals surface area contributed by atoms with Gasteiger partial charge in [0, 0.05) is 13.6 Å². The molecule has 0 N–H and O–H groups in total. The van der Waals surface area contributed by atoms with E-state index in [2.05, 4.69) is 22.6 Å². The third-order valence-corrected chi connectivity index (χ3v) is 2.60. The Morgan fingerprint density at radius 2 is 1.87 bits per heavy atom. The summed E-state index contributed by atoms with van der Waals surface area (Å²) >= 11 is 2.37. The zero-order valence-electron chi connectivity index (χ0n) is 10.2. The van der Waals surface area contributed by atoms with Crippen molar-refractivity contribution < 1.29 is 9.53 Å². The average Bonchev–Trinajstić information content (AvgIpc) is 2.09. The number of carbonyl (C=O) groups is 1. The van der Waals surface area contributed by atoms with E-state index in [1.54, 1.807) is 11.9 Å². The molecule has 0 atom stereocenters. The van der Waals surface area contributed by atoms with Crippen molar-refractivity contribution in [3.63, 3.8) is 0 Å². The average molecular weight is 327 g/mol. The van der Waals surface area contributed by atoms with E-state index in [0.717, 1.165) is 13.0 Å². The molecule has 4 heteroatoms. The van der Waals surface area contributed by atoms with E-state index in [9.17, 15) is 4.79 Å². The minimum absolute atomic E-state index is 0.225. The maximum atomic E-state index is 11.5. The molecule has 0 saturated carbocycles. The van der Waals surface area contributed by atoms with E-state index < -0.39 is 5.60 Å². The monoisotopic (exact) mass is 327 g/mol. The number of carbonyl (C=O) groups excluding carboxylic acids is 1. The number of amides is 1. The summed E-state index contributed by atoms with van der Waals surface area (Å²) in [7, 11) is 1.79. The van der Waals surface area contributed by atoms with Crippen molar-refractivity contribution in [1.29, 1.82) is 0 Å². The molecule has 0 unspecified atom stereocenters. The van der Waals surface area contributed by atoms with Crippen LogP contribution in [0.15, 0.2) is 0 Å². The summed E-state index contributed by atoms with van der Waals surface area (Å²) in [6.07, 6.45) is 3.23. The van der Waals surface area contributed by atoms with Gasteiger partial charge < -0.3 is 9.64 Å². The van der Waals surface area contributed by atoms with Crippen molar-refractivity contribution in [3.05, 3.63) is 0 Å². The van der Waals surface area contributed by atoms with Gasteiger partial charge in [-0.1, -0.05) is 29.0 Å². The maximum Gasteiger partial charge on any atom is 0.410 e. The van der Waals surface area contributed by atoms with E-state index in [4.69, 9.17) is 4.74 Å². The van der Waals surface area contributed by atoms with Crippen LogP contribution in [0, 0.1) is 0 Å². The number of halogens is 1. The molecule has 0 aliphatic heterocycles. The molecule has 0 rings (SSSR count). The number of ether oxygens (including phenoxy) is 1. The van der Waals surface area contributed by atoms with Gasteiger partial charge >= 0.3 is 6.09 Å². The molecular formula is C11H22INO2. The Balaban J connectivity index is 3.70. The lowest BCUT2D eigenvalue weighted by Gasteiger charge is -2.24. The van der Waals surface area contributed by atoms with Crippen LogP contribution in [-0.2, 0) is 4.74 Å². The van der Waals surface area contributed by atoms with Crippen LogP contribution >= 0.6 is 22.6 Å². The van der Waals surface area contributed by atoms with Gasteiger partial charge in [-0.2, -0.15) is 0 Å². The zero-order chi connectivity index (χ0) is 11.9. The number of alkyl halides is 1. The normalized spacial score (nSPS) is 11.3. The Bertz CT molecular complexity index is 190. The highest BCUT2D eigenvalue weighted by Crippen LogP contribution is 2.09. The molecule has 0 aliphatic rings. The molecule has 0 bridgehead atoms. The molecule has 1 amide bonds. The van der Waals surface area contributed by atoms with Gasteiger partial charge in [0.05, 0.1) is 0 Å². The van der Waals surface area contributed by atoms with Gasteiger partial charge in [0.15, 0.2) is 0 Å². The van der Waals surface area contributed by atoms with Crippen LogP contribution in [0.3, 0.4) is 0 Å². The second kappa shape index (κ2) is 7.30. The first-order valence-corrected chi connectivity index (χ1v) is 6.89. The minimum atomic E-state index is -0.395. The van der Waals surface area contributed by atoms with Crippen LogP contribution in [0.4, 0.5) is 4.79 Å². The van der Waals surface area contributed by atoms with Gasteiger partial charge in [-0.25, -0.2) is 4.79 Å². The number of rotatable bonds is 5. The second-order valence-corrected chi connectivity index (χ2v) is 5.73. The van der Waals surface area contributed by atoms with Crippen LogP contribution in [0.1, 0.15) is 40.0 Å². The van der Waals surface area contributed by atoms with Crippen LogP contribution in [0.25, 0.3) is 0 Å². The van der Waals surface area contributed by atoms with E-state index in [1.165, 1.54) is 17.3 Å². The van der Waals surface area contributed by atoms with E-state index in [0.29, 0.717) is 0 Å². The Morgan fingerprint density at radius 1 is 1.27 bits per heavy atom. The van der Waals surface area contributed by atoms with Crippen LogP contribution in [0.2, 0.25) is 0 Å². The van der Waals surface area contributed by atoms with Crippen molar-refractivity contribution in [2.75, 3.05) is 18.0 Å². The Labute approximate surface area is 107 Å². The first-order chi connectivity index (χ1) is 6.87. The van der Waals surface area contributed by atoms with Gasteiger partial charge in [0.1, 0.15) is 5.60 Å². The third-order valence-electron chi connectivity index (χ3n) is 1.83. The minimum Gasteiger partial charge on any atom is -0.444 e. The summed E-state index contributed by atoms with van der Waals surface area (Å²) in [5.74, 6) is 0. The predicted molar refractivity (Wildman–Crippen MR) is 71.6 cm³/mol. The summed E-state index contributed by atoms with van der Waals surface area (Å²) in [5, 5.41) is 0. The third kappa shape index (κ3) is 8.96. The predicted octanol–water partition coefficient (Wildman–Crippen LogP) is 3.46. The Hall–Kier alpha value is 0. The molecule has 90 valence electrons. The van der Waals surface area contributed by atoms with E-state index in [-0.39, 0.29) is 6.09 Å². The Morgan fingerprint density at radius 3 is 2.33 bits per heavy atom. The lowest BCUT2D eigenvalue weighted by Crippen LogP contribution is -2.34. The molecule has 0 radical (unpaired) electrons. The molecule has 0 aromatic rings. The highest BCUT2D eigenvalue weighted by atomic mass is 127. The second-order valence-electron chi connectivity index (χ2n) is 4.65. The van der Waals surface area contributed by atoms with Crippen molar-refractivity contribution in [2.45, 2.75) is 45.6 Å². The molecule has 3 nitrogen and oxygen atoms in total. The summed E-state index contributed by atoms with van der Waals surface area (Å²) in [6, 6.07) is 0. The van der Waals surface area contributed by atoms with Gasteiger partial charge in [-0.05, 0) is 38.0 Å². The van der Waals surface area contributed by atoms with Crippen LogP contribution in [0.5, 0.6) is 0 Å². The van der Waals surface area contributed by atoms with Crippen molar-refractivity contribution in [3.8, 4) is 0 Å². The summed E-state index contributed by atoms with van der Waals surface area (Å²) in [5.41, 5.74) is -0.395. The summed E-state index contributed by atoms with van der Waals surface area (Å²) in [6.45, 7) is 6.43. The standard InChI is InChI=1S/C11H22INO2/c1-11(2,3)15-10(14)13(4)9-7-5-6-8-12/h5-9H2,1-4H3. The Kier molecular flexibility index (Phi) is 7.30. The molecule has 0 spiro atoms. The van der Waals surface area contributed by atoms with Crippen molar-refractivity contribution in [1.82, 2.24) is 4.90 Å². The first kappa shape index (κ1) is 15.0. The summed E-state index contributed by atoms with van der Waals surface area (Å²) < 4.78 is 6.43. The lowest BCUT2D eigenvalue weighted by atomic mass is 10.2. The highest BCUT2D eigenvalue weighted by molar-refractivity contribution is 14.1. The molecule has 0 aromatic heterocycles. The van der Waals surface area contributed by atoms with Gasteiger partial charge in [0.25, 0.3) is 0 Å². The van der Waals surface area contributed by atoms with Crippen LogP contribution in [-0.4, -0.2) is 34.6 Å². The van der Waals surface area contributed by atoms with Crippen molar-refractivity contribution in [2.24, 2.45) is 0 Å². The zero-order valence-corrected chi connectivity index (χ0v) is 12.3. The maximum absolute atomic E-state index is 11.5. The number of nitrogens with zero attached hydrogens (tertiary/aromatic N) is 1. The SMILES string of the molecule is CN(CCCCCI)C(=O)OC(C)(C)C. The van der Waals surface area contributed by atoms with Crippen LogP contribution < -0.4 is 0 Å². The molecule has 0 aliphatic carbocycles. The van der Waals surface area contributed by atoms with Gasteiger partial charge in [0.2, 0.25) is 0 Å². The smallest absolute Gasteiger partial charge is 0.410 e. The van der Waals surface area contributed by atoms with Gasteiger partial charge in [-0.3, -0.25) is 0 Å². The molecule has 0 heterocycles. The van der Waals surface area contributed by atoms with E-state index >= 15 is 0 Å². The number of hydrogen-bond acceptors (Lipinski definition) is 2. The topological polar surface area (TPSA) is 29.5 Å². The van der Waals surface area contributed by atoms with Gasteiger partial charge in [-0.15, -0.1) is 0 Å². The molecule has 0 aromatic carbocycles. The highest BCUT2D eigenvalue weighted by Gasteiger charge is 2.18. The van der Waals surface area contributed by atoms with E-state index in [1.807, 2.05) is 20.8 Å². The fourth-order valence-corrected chi connectivity index (χ4v) is 1.59. The fourth-order valence-electron chi connectivity index (χ4n) is 1.05. The number of unbranched alkanes of at least 4 members (excludes halogenated alkanes) is 2. The molecule has 0 fully saturated rings. The largest absolute Gasteiger partial charge is 0.444 e. The fraction of sp³-hybridized carbons (Fsp3) is 0.909. The molecule has 15 heavy (non-hydrogen) atoms. The summed E-state index contributed by atoms with van der Waals surface area (Å²) in [4.78, 5) is 13.2. The lowest BCUT2D eigenvalue weighted by molar-refractivity contribution is 0.0296. The first-order valence-electron chi connectivity index (χ1n) is 5.37. The number of hydrogen-bond donors (Lipinski definition) is 0. The molecular weight excluding hydrogens is 305 g/mol.